The second-order valence-electron chi connectivity index (χ2n) is 3.46. The first-order valence-corrected chi connectivity index (χ1v) is 6.52. The molecule has 18 heavy (non-hydrogen) atoms. The lowest BCUT2D eigenvalue weighted by molar-refractivity contribution is -0.136. The molecule has 0 aromatic heterocycles. The molecule has 0 aromatic rings. The minimum absolute atomic E-state index is 0.00365. The third kappa shape index (κ3) is 3.17. The van der Waals surface area contributed by atoms with Crippen LogP contribution in [-0.4, -0.2) is 49.8 Å². The third-order valence-electron chi connectivity index (χ3n) is 2.17. The van der Waals surface area contributed by atoms with Crippen LogP contribution in [0.2, 0.25) is 0 Å². The van der Waals surface area contributed by atoms with Crippen molar-refractivity contribution in [1.82, 2.24) is 14.3 Å². The first-order valence-electron chi connectivity index (χ1n) is 5.08. The number of nitrogens with zero attached hydrogens (tertiary/aromatic N) is 1. The van der Waals surface area contributed by atoms with Crippen molar-refractivity contribution >= 4 is 28.1 Å². The van der Waals surface area contributed by atoms with Gasteiger partial charge in [-0.3, -0.25) is 14.9 Å². The number of carbonyl (C=O) groups excluding carboxylic acids is 3. The molecule has 1 heterocycles. The average Bonchev–Trinajstić information content (AvgIpc) is 2.22. The number of piperazine rings is 1. The predicted octanol–water partition coefficient (Wildman–Crippen LogP) is -1.68. The van der Waals surface area contributed by atoms with Crippen LogP contribution in [0.15, 0.2) is 0 Å². The summed E-state index contributed by atoms with van der Waals surface area (Å²) in [4.78, 5) is 33.4. The van der Waals surface area contributed by atoms with Gasteiger partial charge >= 0.3 is 16.3 Å². The van der Waals surface area contributed by atoms with Crippen LogP contribution in [0.3, 0.4) is 0 Å². The Bertz CT molecular complexity index is 473. The molecule has 1 saturated heterocycles. The number of rotatable bonds is 3. The average molecular weight is 279 g/mol. The van der Waals surface area contributed by atoms with Gasteiger partial charge in [-0.2, -0.15) is 12.7 Å². The highest BCUT2D eigenvalue weighted by Gasteiger charge is 2.39. The molecule has 1 aliphatic rings. The molecule has 0 saturated carbocycles. The van der Waals surface area contributed by atoms with Crippen LogP contribution in [0, 0.1) is 0 Å². The lowest BCUT2D eigenvalue weighted by atomic mass is 10.2. The van der Waals surface area contributed by atoms with Gasteiger partial charge < -0.3 is 4.74 Å². The number of nitrogens with one attached hydrogen (secondary N) is 2. The Morgan fingerprint density at radius 2 is 2.17 bits per heavy atom. The van der Waals surface area contributed by atoms with E-state index >= 15 is 0 Å². The quantitative estimate of drug-likeness (QED) is 0.595. The Hall–Kier alpha value is -1.68. The molecule has 0 aliphatic carbocycles. The molecule has 0 aromatic carbocycles. The second-order valence-corrected chi connectivity index (χ2v) is 5.08. The normalized spacial score (nSPS) is 21.3. The van der Waals surface area contributed by atoms with Gasteiger partial charge in [-0.1, -0.05) is 0 Å². The Morgan fingerprint density at radius 1 is 1.56 bits per heavy atom. The summed E-state index contributed by atoms with van der Waals surface area (Å²) < 4.78 is 30.1. The standard InChI is InChI=1S/C8H13N3O6S/c1-3-17-8(14)10-18(15,16)11-4-6(12)9-7(13)5(11)2/h5H,3-4H2,1-2H3,(H,10,14)(H,9,12,13). The maximum atomic E-state index is 11.8. The lowest BCUT2D eigenvalue weighted by Gasteiger charge is -2.30. The Morgan fingerprint density at radius 3 is 2.72 bits per heavy atom. The largest absolute Gasteiger partial charge is 0.449 e. The van der Waals surface area contributed by atoms with E-state index in [2.05, 4.69) is 4.74 Å². The van der Waals surface area contributed by atoms with Crippen molar-refractivity contribution in [2.45, 2.75) is 19.9 Å². The molecule has 1 rings (SSSR count). The van der Waals surface area contributed by atoms with Gasteiger partial charge in [-0.25, -0.2) is 9.52 Å². The number of amides is 3. The Balaban J connectivity index is 2.86. The van der Waals surface area contributed by atoms with E-state index in [-0.39, 0.29) is 6.61 Å². The monoisotopic (exact) mass is 279 g/mol. The van der Waals surface area contributed by atoms with Crippen LogP contribution in [-0.2, 0) is 24.5 Å². The van der Waals surface area contributed by atoms with Crippen molar-refractivity contribution < 1.29 is 27.5 Å². The van der Waals surface area contributed by atoms with Crippen molar-refractivity contribution in [2.24, 2.45) is 0 Å². The van der Waals surface area contributed by atoms with E-state index in [4.69, 9.17) is 0 Å². The number of hydrogen-bond acceptors (Lipinski definition) is 6. The molecule has 0 bridgehead atoms. The van der Waals surface area contributed by atoms with Gasteiger partial charge in [0, 0.05) is 0 Å². The van der Waals surface area contributed by atoms with Crippen LogP contribution < -0.4 is 10.0 Å². The number of hydrogen-bond donors (Lipinski definition) is 2. The molecule has 10 heteroatoms. The van der Waals surface area contributed by atoms with Crippen molar-refractivity contribution in [3.63, 3.8) is 0 Å². The highest BCUT2D eigenvalue weighted by atomic mass is 32.2. The van der Waals surface area contributed by atoms with Crippen molar-refractivity contribution in [3.05, 3.63) is 0 Å². The topological polar surface area (TPSA) is 122 Å². The fraction of sp³-hybridized carbons (Fsp3) is 0.625. The molecule has 0 spiro atoms. The van der Waals surface area contributed by atoms with Crippen molar-refractivity contribution in [3.8, 4) is 0 Å². The number of imide groups is 1. The van der Waals surface area contributed by atoms with E-state index < -0.39 is 40.7 Å². The van der Waals surface area contributed by atoms with E-state index in [0.717, 1.165) is 0 Å². The summed E-state index contributed by atoms with van der Waals surface area (Å²) in [6.07, 6.45) is -1.16. The lowest BCUT2D eigenvalue weighted by Crippen LogP contribution is -2.61. The Labute approximate surface area is 104 Å². The van der Waals surface area contributed by atoms with Gasteiger partial charge in [0.2, 0.25) is 11.8 Å². The molecular weight excluding hydrogens is 266 g/mol. The Kier molecular flexibility index (Phi) is 4.24. The van der Waals surface area contributed by atoms with Gasteiger partial charge in [-0.05, 0) is 13.8 Å². The minimum atomic E-state index is -4.29. The number of ether oxygens (including phenoxy) is 1. The van der Waals surface area contributed by atoms with Crippen LogP contribution in [0.4, 0.5) is 4.79 Å². The maximum Gasteiger partial charge on any atom is 0.421 e. The molecule has 1 atom stereocenters. The molecule has 0 radical (unpaired) electrons. The summed E-state index contributed by atoms with van der Waals surface area (Å²) in [6, 6.07) is -1.09. The van der Waals surface area contributed by atoms with E-state index in [0.29, 0.717) is 4.31 Å². The smallest absolute Gasteiger partial charge is 0.421 e. The maximum absolute atomic E-state index is 11.8. The van der Waals surface area contributed by atoms with Crippen LogP contribution >= 0.6 is 0 Å². The van der Waals surface area contributed by atoms with Gasteiger partial charge in [0.25, 0.3) is 0 Å². The summed E-state index contributed by atoms with van der Waals surface area (Å²) in [5.74, 6) is -1.51. The SMILES string of the molecule is CCOC(=O)NS(=O)(=O)N1CC(=O)NC(=O)C1C. The van der Waals surface area contributed by atoms with Gasteiger partial charge in [0.15, 0.2) is 0 Å². The molecule has 102 valence electrons. The molecular formula is C8H13N3O6S. The number of carbonyl (C=O) groups is 3. The third-order valence-corrected chi connectivity index (χ3v) is 3.66. The molecule has 9 nitrogen and oxygen atoms in total. The van der Waals surface area contributed by atoms with Crippen LogP contribution in [0.1, 0.15) is 13.8 Å². The zero-order chi connectivity index (χ0) is 13.9. The zero-order valence-electron chi connectivity index (χ0n) is 9.80. The van der Waals surface area contributed by atoms with Crippen molar-refractivity contribution in [1.29, 1.82) is 0 Å². The molecule has 2 N–H and O–H groups in total. The highest BCUT2D eigenvalue weighted by Crippen LogP contribution is 2.09. The molecule has 3 amide bonds. The zero-order valence-corrected chi connectivity index (χ0v) is 10.6. The predicted molar refractivity (Wildman–Crippen MR) is 58.4 cm³/mol. The van der Waals surface area contributed by atoms with Gasteiger partial charge in [0.1, 0.15) is 6.04 Å². The summed E-state index contributed by atoms with van der Waals surface area (Å²) in [6.45, 7) is 2.26. The minimum Gasteiger partial charge on any atom is -0.449 e. The van der Waals surface area contributed by atoms with Crippen LogP contribution in [0.25, 0.3) is 0 Å². The van der Waals surface area contributed by atoms with E-state index in [1.165, 1.54) is 13.8 Å². The fourth-order valence-corrected chi connectivity index (χ4v) is 2.49. The first kappa shape index (κ1) is 14.4. The summed E-state index contributed by atoms with van der Waals surface area (Å²) >= 11 is 0. The van der Waals surface area contributed by atoms with Gasteiger partial charge in [0.05, 0.1) is 13.2 Å². The molecule has 1 unspecified atom stereocenters. The van der Waals surface area contributed by atoms with Crippen molar-refractivity contribution in [2.75, 3.05) is 13.2 Å². The van der Waals surface area contributed by atoms with Gasteiger partial charge in [-0.15, -0.1) is 0 Å². The van der Waals surface area contributed by atoms with E-state index in [1.807, 2.05) is 5.32 Å². The molecule has 1 fully saturated rings. The summed E-state index contributed by atoms with van der Waals surface area (Å²) in [5, 5.41) is 1.98. The van der Waals surface area contributed by atoms with E-state index in [1.54, 1.807) is 4.72 Å². The summed E-state index contributed by atoms with van der Waals surface area (Å²) in [5.41, 5.74) is 0. The van der Waals surface area contributed by atoms with E-state index in [9.17, 15) is 22.8 Å². The summed E-state index contributed by atoms with van der Waals surface area (Å²) in [7, 11) is -4.29. The van der Waals surface area contributed by atoms with Crippen LogP contribution in [0.5, 0.6) is 0 Å². The fourth-order valence-electron chi connectivity index (χ4n) is 1.31. The second kappa shape index (κ2) is 5.31. The first-order chi connectivity index (χ1) is 8.27. The molecule has 1 aliphatic heterocycles. The highest BCUT2D eigenvalue weighted by molar-refractivity contribution is 7.87.